The lowest BCUT2D eigenvalue weighted by molar-refractivity contribution is 0.434. The molecular formula is C13H14BrFN2O. The highest BCUT2D eigenvalue weighted by atomic mass is 79.9. The van der Waals surface area contributed by atoms with Crippen LogP contribution < -0.4 is 5.73 Å². The molecule has 5 heteroatoms. The molecule has 0 aliphatic rings. The van der Waals surface area contributed by atoms with Crippen LogP contribution in [0.25, 0.3) is 11.3 Å². The maximum absolute atomic E-state index is 13.1. The minimum absolute atomic E-state index is 0.302. The quantitative estimate of drug-likeness (QED) is 0.931. The summed E-state index contributed by atoms with van der Waals surface area (Å²) in [4.78, 5) is 0. The van der Waals surface area contributed by atoms with Crippen molar-refractivity contribution in [1.82, 2.24) is 5.16 Å². The Morgan fingerprint density at radius 2 is 2.17 bits per heavy atom. The van der Waals surface area contributed by atoms with E-state index < -0.39 is 0 Å². The minimum Gasteiger partial charge on any atom is -0.381 e. The second kappa shape index (κ2) is 5.10. The van der Waals surface area contributed by atoms with Crippen molar-refractivity contribution in [2.75, 3.05) is 5.73 Å². The lowest BCUT2D eigenvalue weighted by Gasteiger charge is -2.06. The normalized spacial score (nSPS) is 11.2. The summed E-state index contributed by atoms with van der Waals surface area (Å²) in [6.45, 7) is 4.19. The highest BCUT2D eigenvalue weighted by Crippen LogP contribution is 2.34. The van der Waals surface area contributed by atoms with Gasteiger partial charge in [-0.05, 0) is 46.5 Å². The molecule has 3 nitrogen and oxygen atoms in total. The van der Waals surface area contributed by atoms with Crippen LogP contribution in [0, 0.1) is 11.7 Å². The average Bonchev–Trinajstić information content (AvgIpc) is 2.60. The van der Waals surface area contributed by atoms with Gasteiger partial charge in [-0.25, -0.2) is 4.39 Å². The third-order valence-corrected chi connectivity index (χ3v) is 3.26. The van der Waals surface area contributed by atoms with E-state index in [1.807, 2.05) is 0 Å². The van der Waals surface area contributed by atoms with Gasteiger partial charge in [-0.3, -0.25) is 0 Å². The lowest BCUT2D eigenvalue weighted by Crippen LogP contribution is -1.99. The molecule has 18 heavy (non-hydrogen) atoms. The number of nitrogen functional groups attached to an aromatic ring is 1. The molecule has 0 radical (unpaired) electrons. The summed E-state index contributed by atoms with van der Waals surface area (Å²) in [6.07, 6.45) is 0.772. The molecule has 2 rings (SSSR count). The predicted octanol–water partition coefficient (Wildman–Crippen LogP) is 4.02. The molecular weight excluding hydrogens is 299 g/mol. The molecule has 1 heterocycles. The third kappa shape index (κ3) is 2.56. The second-order valence-corrected chi connectivity index (χ2v) is 5.45. The predicted molar refractivity (Wildman–Crippen MR) is 72.6 cm³/mol. The fourth-order valence-electron chi connectivity index (χ4n) is 1.81. The molecule has 96 valence electrons. The summed E-state index contributed by atoms with van der Waals surface area (Å²) < 4.78 is 19.0. The molecule has 0 aliphatic carbocycles. The zero-order chi connectivity index (χ0) is 13.3. The van der Waals surface area contributed by atoms with E-state index in [4.69, 9.17) is 10.3 Å². The molecule has 0 fully saturated rings. The van der Waals surface area contributed by atoms with E-state index in [9.17, 15) is 4.39 Å². The number of hydrogen-bond acceptors (Lipinski definition) is 3. The summed E-state index contributed by atoms with van der Waals surface area (Å²) in [7, 11) is 0. The summed E-state index contributed by atoms with van der Waals surface area (Å²) in [5.74, 6) is 1.14. The van der Waals surface area contributed by atoms with Gasteiger partial charge in [0.05, 0.1) is 0 Å². The summed E-state index contributed by atoms with van der Waals surface area (Å²) in [6, 6.07) is 4.44. The molecule has 1 aromatic heterocycles. The zero-order valence-electron chi connectivity index (χ0n) is 10.2. The molecule has 2 N–H and O–H groups in total. The van der Waals surface area contributed by atoms with Crippen molar-refractivity contribution in [2.24, 2.45) is 5.92 Å². The minimum atomic E-state index is -0.302. The van der Waals surface area contributed by atoms with Gasteiger partial charge < -0.3 is 10.3 Å². The number of rotatable bonds is 3. The van der Waals surface area contributed by atoms with Gasteiger partial charge in [-0.15, -0.1) is 0 Å². The number of aromatic nitrogens is 1. The van der Waals surface area contributed by atoms with Crippen molar-refractivity contribution in [3.63, 3.8) is 0 Å². The van der Waals surface area contributed by atoms with Crippen LogP contribution in [0.15, 0.2) is 27.2 Å². The number of hydrogen-bond donors (Lipinski definition) is 1. The van der Waals surface area contributed by atoms with Crippen LogP contribution in [-0.4, -0.2) is 5.16 Å². The Bertz CT molecular complexity index is 566. The molecule has 0 unspecified atom stereocenters. The van der Waals surface area contributed by atoms with Crippen LogP contribution in [-0.2, 0) is 6.42 Å². The first-order valence-electron chi connectivity index (χ1n) is 5.68. The average molecular weight is 313 g/mol. The van der Waals surface area contributed by atoms with Crippen LogP contribution in [0.5, 0.6) is 0 Å². The van der Waals surface area contributed by atoms with E-state index in [0.717, 1.165) is 17.5 Å². The first kappa shape index (κ1) is 13.1. The second-order valence-electron chi connectivity index (χ2n) is 4.60. The van der Waals surface area contributed by atoms with Gasteiger partial charge in [-0.2, -0.15) is 0 Å². The van der Waals surface area contributed by atoms with Gasteiger partial charge in [0.2, 0.25) is 0 Å². The standard InChI is InChI=1S/C13H14BrFN2O/c1-7(2)5-10-12(18-17-13(10)16)9-4-3-8(15)6-11(9)14/h3-4,6-7H,5H2,1-2H3,(H2,16,17). The highest BCUT2D eigenvalue weighted by molar-refractivity contribution is 9.10. The molecule has 2 aromatic rings. The Morgan fingerprint density at radius 1 is 1.44 bits per heavy atom. The maximum atomic E-state index is 13.1. The molecule has 1 aromatic carbocycles. The van der Waals surface area contributed by atoms with E-state index in [1.165, 1.54) is 12.1 Å². The fourth-order valence-corrected chi connectivity index (χ4v) is 2.34. The fraction of sp³-hybridized carbons (Fsp3) is 0.308. The lowest BCUT2D eigenvalue weighted by atomic mass is 10.00. The van der Waals surface area contributed by atoms with Crippen molar-refractivity contribution in [3.05, 3.63) is 34.1 Å². The van der Waals surface area contributed by atoms with Crippen molar-refractivity contribution in [1.29, 1.82) is 0 Å². The van der Waals surface area contributed by atoms with Crippen LogP contribution in [0.3, 0.4) is 0 Å². The summed E-state index contributed by atoms with van der Waals surface area (Å²) in [5, 5.41) is 3.80. The largest absolute Gasteiger partial charge is 0.381 e. The van der Waals surface area contributed by atoms with Crippen LogP contribution in [0.2, 0.25) is 0 Å². The van der Waals surface area contributed by atoms with Crippen molar-refractivity contribution < 1.29 is 8.91 Å². The van der Waals surface area contributed by atoms with E-state index in [-0.39, 0.29) is 5.82 Å². The molecule has 0 atom stereocenters. The first-order chi connectivity index (χ1) is 8.49. The summed E-state index contributed by atoms with van der Waals surface area (Å²) in [5.41, 5.74) is 7.45. The highest BCUT2D eigenvalue weighted by Gasteiger charge is 2.18. The number of nitrogens with two attached hydrogens (primary N) is 1. The zero-order valence-corrected chi connectivity index (χ0v) is 11.8. The van der Waals surface area contributed by atoms with Crippen molar-refractivity contribution in [2.45, 2.75) is 20.3 Å². The Balaban J connectivity index is 2.50. The molecule has 0 spiro atoms. The topological polar surface area (TPSA) is 52.0 Å². The number of anilines is 1. The Kier molecular flexibility index (Phi) is 3.71. The van der Waals surface area contributed by atoms with Crippen LogP contribution in [0.4, 0.5) is 10.2 Å². The van der Waals surface area contributed by atoms with Gasteiger partial charge in [0.1, 0.15) is 5.82 Å². The Labute approximate surface area is 113 Å². The van der Waals surface area contributed by atoms with Crippen LogP contribution >= 0.6 is 15.9 Å². The Morgan fingerprint density at radius 3 is 2.78 bits per heavy atom. The molecule has 0 saturated carbocycles. The molecule has 0 bridgehead atoms. The number of benzene rings is 1. The van der Waals surface area contributed by atoms with E-state index in [2.05, 4.69) is 34.9 Å². The SMILES string of the molecule is CC(C)Cc1c(N)noc1-c1ccc(F)cc1Br. The van der Waals surface area contributed by atoms with E-state index >= 15 is 0 Å². The van der Waals surface area contributed by atoms with Gasteiger partial charge >= 0.3 is 0 Å². The number of halogens is 2. The third-order valence-electron chi connectivity index (χ3n) is 2.61. The van der Waals surface area contributed by atoms with Crippen molar-refractivity contribution in [3.8, 4) is 11.3 Å². The number of nitrogens with zero attached hydrogens (tertiary/aromatic N) is 1. The smallest absolute Gasteiger partial charge is 0.173 e. The monoisotopic (exact) mass is 312 g/mol. The van der Waals surface area contributed by atoms with Gasteiger partial charge in [0, 0.05) is 15.6 Å². The van der Waals surface area contributed by atoms with E-state index in [0.29, 0.717) is 22.0 Å². The van der Waals surface area contributed by atoms with Crippen LogP contribution in [0.1, 0.15) is 19.4 Å². The van der Waals surface area contributed by atoms with Crippen molar-refractivity contribution >= 4 is 21.7 Å². The van der Waals surface area contributed by atoms with Gasteiger partial charge in [0.25, 0.3) is 0 Å². The molecule has 0 amide bonds. The molecule has 0 saturated heterocycles. The molecule has 0 aliphatic heterocycles. The Hall–Kier alpha value is -1.36. The first-order valence-corrected chi connectivity index (χ1v) is 6.47. The summed E-state index contributed by atoms with van der Waals surface area (Å²) >= 11 is 3.32. The van der Waals surface area contributed by atoms with Gasteiger partial charge in [0.15, 0.2) is 11.6 Å². The maximum Gasteiger partial charge on any atom is 0.173 e. The van der Waals surface area contributed by atoms with E-state index in [1.54, 1.807) is 6.07 Å². The van der Waals surface area contributed by atoms with Gasteiger partial charge in [-0.1, -0.05) is 19.0 Å².